The van der Waals surface area contributed by atoms with Crippen molar-refractivity contribution in [2.45, 2.75) is 26.2 Å². The Bertz CT molecular complexity index is 492. The Labute approximate surface area is 126 Å². The minimum Gasteiger partial charge on any atom is -0.381 e. The standard InChI is InChI=1S/C16H23N3O2/c1-2-3-12-21-13-6-11-19-16(20)15-14(7-4-9-17)8-5-10-18-15/h5,8,10H,2-3,6,9,11-13,17H2,1H3,(H,19,20). The first-order chi connectivity index (χ1) is 10.3. The van der Waals surface area contributed by atoms with E-state index in [1.165, 1.54) is 0 Å². The molecule has 0 saturated carbocycles. The minimum atomic E-state index is -0.217. The van der Waals surface area contributed by atoms with E-state index < -0.39 is 0 Å². The highest BCUT2D eigenvalue weighted by Crippen LogP contribution is 2.03. The molecular formula is C16H23N3O2. The number of carbonyl (C=O) groups is 1. The number of aromatic nitrogens is 1. The lowest BCUT2D eigenvalue weighted by molar-refractivity contribution is 0.0935. The van der Waals surface area contributed by atoms with Gasteiger partial charge in [-0.05, 0) is 25.0 Å². The van der Waals surface area contributed by atoms with Crippen LogP contribution in [-0.2, 0) is 4.74 Å². The molecule has 3 N–H and O–H groups in total. The molecule has 0 saturated heterocycles. The second-order valence-electron chi connectivity index (χ2n) is 4.48. The minimum absolute atomic E-state index is 0.217. The topological polar surface area (TPSA) is 77.2 Å². The highest BCUT2D eigenvalue weighted by molar-refractivity contribution is 5.94. The highest BCUT2D eigenvalue weighted by atomic mass is 16.5. The number of amides is 1. The number of nitrogens with two attached hydrogens (primary N) is 1. The van der Waals surface area contributed by atoms with E-state index in [2.05, 4.69) is 29.1 Å². The Morgan fingerprint density at radius 2 is 2.24 bits per heavy atom. The van der Waals surface area contributed by atoms with Gasteiger partial charge >= 0.3 is 0 Å². The summed E-state index contributed by atoms with van der Waals surface area (Å²) >= 11 is 0. The summed E-state index contributed by atoms with van der Waals surface area (Å²) in [7, 11) is 0. The maximum atomic E-state index is 12.1. The van der Waals surface area contributed by atoms with Crippen molar-refractivity contribution in [2.75, 3.05) is 26.3 Å². The van der Waals surface area contributed by atoms with Gasteiger partial charge < -0.3 is 15.8 Å². The van der Waals surface area contributed by atoms with Gasteiger partial charge in [-0.3, -0.25) is 4.79 Å². The van der Waals surface area contributed by atoms with E-state index in [4.69, 9.17) is 10.5 Å². The fourth-order valence-electron chi connectivity index (χ4n) is 1.64. The van der Waals surface area contributed by atoms with Crippen LogP contribution in [0, 0.1) is 11.8 Å². The van der Waals surface area contributed by atoms with Crippen LogP contribution in [0.3, 0.4) is 0 Å². The molecule has 1 heterocycles. The van der Waals surface area contributed by atoms with Crippen molar-refractivity contribution in [3.05, 3.63) is 29.6 Å². The van der Waals surface area contributed by atoms with E-state index in [9.17, 15) is 4.79 Å². The maximum Gasteiger partial charge on any atom is 0.271 e. The Morgan fingerprint density at radius 1 is 1.43 bits per heavy atom. The van der Waals surface area contributed by atoms with Gasteiger partial charge in [0.2, 0.25) is 0 Å². The monoisotopic (exact) mass is 289 g/mol. The molecule has 0 spiro atoms. The number of nitrogens with one attached hydrogen (secondary N) is 1. The molecule has 0 bridgehead atoms. The van der Waals surface area contributed by atoms with Gasteiger partial charge in [0.1, 0.15) is 5.69 Å². The predicted molar refractivity (Wildman–Crippen MR) is 82.8 cm³/mol. The van der Waals surface area contributed by atoms with Crippen LogP contribution in [0.2, 0.25) is 0 Å². The fraction of sp³-hybridized carbons (Fsp3) is 0.500. The second-order valence-corrected chi connectivity index (χ2v) is 4.48. The Hall–Kier alpha value is -1.90. The molecule has 0 unspecified atom stereocenters. The molecule has 114 valence electrons. The molecule has 5 nitrogen and oxygen atoms in total. The molecule has 0 radical (unpaired) electrons. The van der Waals surface area contributed by atoms with Crippen LogP contribution in [-0.4, -0.2) is 37.2 Å². The van der Waals surface area contributed by atoms with Crippen LogP contribution in [0.1, 0.15) is 42.2 Å². The van der Waals surface area contributed by atoms with Crippen molar-refractivity contribution in [2.24, 2.45) is 5.73 Å². The lowest BCUT2D eigenvalue weighted by atomic mass is 10.2. The van der Waals surface area contributed by atoms with E-state index in [0.717, 1.165) is 25.9 Å². The van der Waals surface area contributed by atoms with E-state index in [0.29, 0.717) is 24.4 Å². The highest BCUT2D eigenvalue weighted by Gasteiger charge is 2.10. The summed E-state index contributed by atoms with van der Waals surface area (Å²) in [5.41, 5.74) is 6.28. The number of pyridine rings is 1. The Morgan fingerprint density at radius 3 is 3.00 bits per heavy atom. The Kier molecular flexibility index (Phi) is 8.85. The average Bonchev–Trinajstić information content (AvgIpc) is 2.52. The zero-order chi connectivity index (χ0) is 15.3. The molecule has 5 heteroatoms. The molecule has 0 aromatic carbocycles. The molecule has 1 amide bonds. The van der Waals surface area contributed by atoms with Gasteiger partial charge in [-0.1, -0.05) is 25.2 Å². The Balaban J connectivity index is 2.38. The summed E-state index contributed by atoms with van der Waals surface area (Å²) in [5, 5.41) is 2.83. The number of ether oxygens (including phenoxy) is 1. The molecule has 1 aromatic rings. The van der Waals surface area contributed by atoms with Gasteiger partial charge in [0.15, 0.2) is 0 Å². The zero-order valence-electron chi connectivity index (χ0n) is 12.5. The number of nitrogens with zero attached hydrogens (tertiary/aromatic N) is 1. The van der Waals surface area contributed by atoms with E-state index in [1.54, 1.807) is 18.3 Å². The molecule has 0 aliphatic heterocycles. The summed E-state index contributed by atoms with van der Waals surface area (Å²) in [6.45, 7) is 4.38. The number of hydrogen-bond acceptors (Lipinski definition) is 4. The molecular weight excluding hydrogens is 266 g/mol. The predicted octanol–water partition coefficient (Wildman–Crippen LogP) is 1.33. The molecule has 1 rings (SSSR count). The molecule has 21 heavy (non-hydrogen) atoms. The number of carbonyl (C=O) groups excluding carboxylic acids is 1. The third-order valence-corrected chi connectivity index (χ3v) is 2.74. The number of hydrogen-bond donors (Lipinski definition) is 2. The SMILES string of the molecule is CCCCOCCCNC(=O)c1ncccc1C#CCN. The summed E-state index contributed by atoms with van der Waals surface area (Å²) < 4.78 is 5.44. The lowest BCUT2D eigenvalue weighted by Gasteiger charge is -2.06. The van der Waals surface area contributed by atoms with Crippen LogP contribution in [0.25, 0.3) is 0 Å². The van der Waals surface area contributed by atoms with Gasteiger partial charge in [0.05, 0.1) is 12.1 Å². The third kappa shape index (κ3) is 6.89. The fourth-order valence-corrected chi connectivity index (χ4v) is 1.64. The summed E-state index contributed by atoms with van der Waals surface area (Å²) in [4.78, 5) is 16.1. The van der Waals surface area contributed by atoms with Crippen LogP contribution < -0.4 is 11.1 Å². The first kappa shape index (κ1) is 17.2. The first-order valence-electron chi connectivity index (χ1n) is 7.29. The molecule has 0 aliphatic carbocycles. The smallest absolute Gasteiger partial charge is 0.271 e. The van der Waals surface area contributed by atoms with E-state index >= 15 is 0 Å². The maximum absolute atomic E-state index is 12.1. The largest absolute Gasteiger partial charge is 0.381 e. The first-order valence-corrected chi connectivity index (χ1v) is 7.29. The normalized spacial score (nSPS) is 9.81. The molecule has 0 atom stereocenters. The van der Waals surface area contributed by atoms with Crippen molar-refractivity contribution in [1.82, 2.24) is 10.3 Å². The molecule has 0 fully saturated rings. The van der Waals surface area contributed by atoms with Crippen molar-refractivity contribution in [3.8, 4) is 11.8 Å². The summed E-state index contributed by atoms with van der Waals surface area (Å²) in [6, 6.07) is 3.51. The van der Waals surface area contributed by atoms with Gasteiger partial charge in [-0.25, -0.2) is 4.98 Å². The number of rotatable bonds is 8. The van der Waals surface area contributed by atoms with E-state index in [-0.39, 0.29) is 12.5 Å². The lowest BCUT2D eigenvalue weighted by Crippen LogP contribution is -2.27. The van der Waals surface area contributed by atoms with Crippen molar-refractivity contribution < 1.29 is 9.53 Å². The molecule has 1 aromatic heterocycles. The molecule has 0 aliphatic rings. The van der Waals surface area contributed by atoms with Crippen LogP contribution in [0.15, 0.2) is 18.3 Å². The van der Waals surface area contributed by atoms with Crippen molar-refractivity contribution in [1.29, 1.82) is 0 Å². The van der Waals surface area contributed by atoms with Crippen LogP contribution in [0.5, 0.6) is 0 Å². The summed E-state index contributed by atoms with van der Waals surface area (Å²) in [5.74, 6) is 5.37. The van der Waals surface area contributed by atoms with Gasteiger partial charge in [0, 0.05) is 26.0 Å². The van der Waals surface area contributed by atoms with Crippen LogP contribution >= 0.6 is 0 Å². The van der Waals surface area contributed by atoms with Gasteiger partial charge in [0.25, 0.3) is 5.91 Å². The quantitative estimate of drug-likeness (QED) is 0.559. The summed E-state index contributed by atoms with van der Waals surface area (Å²) in [6.07, 6.45) is 4.56. The van der Waals surface area contributed by atoms with Gasteiger partial charge in [-0.2, -0.15) is 0 Å². The third-order valence-electron chi connectivity index (χ3n) is 2.74. The van der Waals surface area contributed by atoms with Crippen molar-refractivity contribution >= 4 is 5.91 Å². The van der Waals surface area contributed by atoms with E-state index in [1.807, 2.05) is 0 Å². The van der Waals surface area contributed by atoms with Crippen LogP contribution in [0.4, 0.5) is 0 Å². The van der Waals surface area contributed by atoms with Crippen molar-refractivity contribution in [3.63, 3.8) is 0 Å². The second kappa shape index (κ2) is 10.8. The zero-order valence-corrected chi connectivity index (χ0v) is 12.5. The number of unbranched alkanes of at least 4 members (excludes halogenated alkanes) is 1. The van der Waals surface area contributed by atoms with Gasteiger partial charge in [-0.15, -0.1) is 0 Å². The average molecular weight is 289 g/mol.